The van der Waals surface area contributed by atoms with Gasteiger partial charge in [0.15, 0.2) is 23.2 Å². The zero-order valence-corrected chi connectivity index (χ0v) is 28.2. The number of hydrogen-bond donors (Lipinski definition) is 1. The first-order valence-electron chi connectivity index (χ1n) is 15.9. The van der Waals surface area contributed by atoms with Crippen LogP contribution < -0.4 is 5.32 Å². The number of pyridine rings is 1. The molecule has 1 N–H and O–H groups in total. The third-order valence-corrected chi connectivity index (χ3v) is 10.8. The van der Waals surface area contributed by atoms with Gasteiger partial charge in [-0.3, -0.25) is 19.4 Å². The van der Waals surface area contributed by atoms with Gasteiger partial charge in [0.05, 0.1) is 27.9 Å². The van der Waals surface area contributed by atoms with E-state index < -0.39 is 46.4 Å². The highest BCUT2D eigenvalue weighted by Gasteiger charge is 2.55. The number of aromatic nitrogens is 4. The number of nitrogens with one attached hydrogen (secondary N) is 1. The molecule has 1 unspecified atom stereocenters. The van der Waals surface area contributed by atoms with Crippen LogP contribution in [0.1, 0.15) is 105 Å². The molecule has 3 aliphatic heterocycles. The van der Waals surface area contributed by atoms with Crippen molar-refractivity contribution in [3.05, 3.63) is 74.8 Å². The third-order valence-electron chi connectivity index (χ3n) is 10.3. The summed E-state index contributed by atoms with van der Waals surface area (Å²) in [5.74, 6) is -5.19. The molecule has 6 rings (SSSR count). The van der Waals surface area contributed by atoms with Gasteiger partial charge in [-0.25, -0.2) is 18.2 Å². The molecular weight excluding hydrogens is 617 g/mol. The SMILES string of the molecule is Cc1nc2c(c(C(=O)[C@@H]3CCN(C(C)(C)C)C[C@H]3c3ccc(F)c(F)c3F)c1Cl)C(C(C)(C)c1ncnn1C)OC21CCNCC1. The minimum absolute atomic E-state index is 0.0215. The van der Waals surface area contributed by atoms with Crippen LogP contribution in [0.3, 0.4) is 0 Å². The van der Waals surface area contributed by atoms with E-state index in [2.05, 4.69) is 20.3 Å². The molecular formula is C34H42ClF3N6O2. The molecule has 8 nitrogen and oxygen atoms in total. The highest BCUT2D eigenvalue weighted by Crippen LogP contribution is 2.56. The van der Waals surface area contributed by atoms with Crippen molar-refractivity contribution in [2.24, 2.45) is 13.0 Å². The predicted molar refractivity (Wildman–Crippen MR) is 168 cm³/mol. The Balaban J connectivity index is 1.54. The minimum Gasteiger partial charge on any atom is -0.360 e. The first-order valence-corrected chi connectivity index (χ1v) is 16.3. The number of carbonyl (C=O) groups is 1. The highest BCUT2D eigenvalue weighted by atomic mass is 35.5. The second-order valence-corrected chi connectivity index (χ2v) is 14.9. The number of hydrogen-bond acceptors (Lipinski definition) is 7. The first kappa shape index (κ1) is 33.1. The van der Waals surface area contributed by atoms with Crippen molar-refractivity contribution in [3.63, 3.8) is 0 Å². The molecule has 3 aromatic rings. The van der Waals surface area contributed by atoms with Crippen LogP contribution in [0.4, 0.5) is 13.2 Å². The van der Waals surface area contributed by atoms with Gasteiger partial charge in [0.1, 0.15) is 17.8 Å². The topological polar surface area (TPSA) is 85.2 Å². The van der Waals surface area contributed by atoms with Gasteiger partial charge >= 0.3 is 0 Å². The van der Waals surface area contributed by atoms with Gasteiger partial charge in [-0.05, 0) is 92.1 Å². The Bertz CT molecular complexity index is 1680. The third kappa shape index (κ3) is 5.27. The number of likely N-dealkylation sites (tertiary alicyclic amines) is 1. The fraction of sp³-hybridized carbons (Fsp3) is 0.588. The van der Waals surface area contributed by atoms with Crippen molar-refractivity contribution in [2.75, 3.05) is 26.2 Å². The Hall–Kier alpha value is -2.86. The number of aryl methyl sites for hydroxylation is 2. The lowest BCUT2D eigenvalue weighted by atomic mass is 9.72. The number of halogens is 4. The largest absolute Gasteiger partial charge is 0.360 e. The molecule has 2 fully saturated rings. The van der Waals surface area contributed by atoms with Gasteiger partial charge < -0.3 is 10.1 Å². The second kappa shape index (κ2) is 11.7. The monoisotopic (exact) mass is 658 g/mol. The Morgan fingerprint density at radius 2 is 1.80 bits per heavy atom. The summed E-state index contributed by atoms with van der Waals surface area (Å²) in [6.45, 7) is 14.2. The van der Waals surface area contributed by atoms with E-state index in [1.54, 1.807) is 11.6 Å². The summed E-state index contributed by atoms with van der Waals surface area (Å²) in [4.78, 5) is 26.8. The van der Waals surface area contributed by atoms with Crippen LogP contribution in [0.5, 0.6) is 0 Å². The molecule has 2 aromatic heterocycles. The van der Waals surface area contributed by atoms with Crippen molar-refractivity contribution in [3.8, 4) is 0 Å². The molecule has 2 saturated heterocycles. The molecule has 1 spiro atoms. The molecule has 0 bridgehead atoms. The van der Waals surface area contributed by atoms with Gasteiger partial charge in [-0.1, -0.05) is 17.7 Å². The summed E-state index contributed by atoms with van der Waals surface area (Å²) in [5.41, 5.74) is 0.310. The van der Waals surface area contributed by atoms with E-state index in [-0.39, 0.29) is 28.5 Å². The summed E-state index contributed by atoms with van der Waals surface area (Å²) in [7, 11) is 1.82. The van der Waals surface area contributed by atoms with Gasteiger partial charge in [-0.15, -0.1) is 0 Å². The van der Waals surface area contributed by atoms with E-state index in [1.165, 1.54) is 12.4 Å². The molecule has 3 atom stereocenters. The minimum atomic E-state index is -1.54. The average Bonchev–Trinajstić information content (AvgIpc) is 3.58. The Kier molecular flexibility index (Phi) is 8.39. The van der Waals surface area contributed by atoms with Crippen LogP contribution in [0.2, 0.25) is 5.02 Å². The van der Waals surface area contributed by atoms with Crippen LogP contribution in [-0.2, 0) is 22.8 Å². The highest BCUT2D eigenvalue weighted by molar-refractivity contribution is 6.35. The maximum atomic E-state index is 15.5. The molecule has 0 saturated carbocycles. The Labute approximate surface area is 273 Å². The maximum absolute atomic E-state index is 15.5. The van der Waals surface area contributed by atoms with Crippen molar-refractivity contribution in [1.82, 2.24) is 30.0 Å². The van der Waals surface area contributed by atoms with Crippen molar-refractivity contribution < 1.29 is 22.7 Å². The molecule has 3 aliphatic rings. The number of nitrogens with zero attached hydrogens (tertiary/aromatic N) is 5. The van der Waals surface area contributed by atoms with Crippen molar-refractivity contribution in [2.45, 2.75) is 89.4 Å². The Morgan fingerprint density at radius 1 is 1.11 bits per heavy atom. The number of ketones is 1. The Morgan fingerprint density at radius 3 is 2.43 bits per heavy atom. The van der Waals surface area contributed by atoms with Crippen LogP contribution in [-0.4, -0.2) is 62.1 Å². The zero-order valence-electron chi connectivity index (χ0n) is 27.5. The van der Waals surface area contributed by atoms with E-state index in [9.17, 15) is 8.78 Å². The molecule has 0 aliphatic carbocycles. The number of rotatable bonds is 5. The molecule has 0 amide bonds. The van der Waals surface area contributed by atoms with Gasteiger partial charge in [0.25, 0.3) is 0 Å². The lowest BCUT2D eigenvalue weighted by Gasteiger charge is -2.45. The lowest BCUT2D eigenvalue weighted by Crippen LogP contribution is -2.50. The molecule has 248 valence electrons. The smallest absolute Gasteiger partial charge is 0.194 e. The maximum Gasteiger partial charge on any atom is 0.194 e. The van der Waals surface area contributed by atoms with E-state index in [4.69, 9.17) is 21.3 Å². The van der Waals surface area contributed by atoms with Gasteiger partial charge in [0, 0.05) is 42.1 Å². The number of Topliss-reactive ketones (excluding diaryl/α,β-unsaturated/α-hetero) is 1. The number of benzene rings is 1. The van der Waals surface area contributed by atoms with Crippen LogP contribution in [0, 0.1) is 30.3 Å². The van der Waals surface area contributed by atoms with Crippen molar-refractivity contribution in [1.29, 1.82) is 0 Å². The van der Waals surface area contributed by atoms with Gasteiger partial charge in [0.2, 0.25) is 0 Å². The summed E-state index contributed by atoms with van der Waals surface area (Å²) in [6.07, 6.45) is 2.52. The fourth-order valence-electron chi connectivity index (χ4n) is 7.77. The number of ether oxygens (including phenoxy) is 1. The van der Waals surface area contributed by atoms with Crippen LogP contribution in [0.15, 0.2) is 18.5 Å². The van der Waals surface area contributed by atoms with Crippen LogP contribution >= 0.6 is 11.6 Å². The summed E-state index contributed by atoms with van der Waals surface area (Å²) in [5, 5.41) is 7.93. The summed E-state index contributed by atoms with van der Waals surface area (Å²) < 4.78 is 53.0. The van der Waals surface area contributed by atoms with Crippen molar-refractivity contribution >= 4 is 17.4 Å². The number of piperidine rings is 2. The molecule has 5 heterocycles. The number of fused-ring (bicyclic) bond motifs is 2. The summed E-state index contributed by atoms with van der Waals surface area (Å²) >= 11 is 7.08. The molecule has 46 heavy (non-hydrogen) atoms. The second-order valence-electron chi connectivity index (χ2n) is 14.6. The average molecular weight is 659 g/mol. The van der Waals surface area contributed by atoms with Gasteiger partial charge in [-0.2, -0.15) is 5.10 Å². The number of carbonyl (C=O) groups excluding carboxylic acids is 1. The standard InChI is InChI=1S/C34H42ClF3N6O2/c1-18-25(35)23(28(45)20-10-15-44(32(2,3)4)16-21(20)19-8-9-22(36)27(38)26(19)37)24-29(42-18)34(11-13-39-14-12-34)46-30(24)33(5,6)31-40-17-41-43(31)7/h8-9,17,20-21,30,39H,10-16H2,1-7H3/t20-,21+,30?/m1/s1. The fourth-order valence-corrected chi connectivity index (χ4v) is 8.01. The molecule has 1 aromatic carbocycles. The normalized spacial score (nSPS) is 23.6. The van der Waals surface area contributed by atoms with Crippen LogP contribution in [0.25, 0.3) is 0 Å². The van der Waals surface area contributed by atoms with E-state index in [0.29, 0.717) is 67.2 Å². The molecule has 0 radical (unpaired) electrons. The van der Waals surface area contributed by atoms with E-state index >= 15 is 9.18 Å². The lowest BCUT2D eigenvalue weighted by molar-refractivity contribution is -0.120. The first-order chi connectivity index (χ1) is 21.6. The van der Waals surface area contributed by atoms with E-state index in [0.717, 1.165) is 6.07 Å². The summed E-state index contributed by atoms with van der Waals surface area (Å²) in [6, 6.07) is 2.20. The predicted octanol–water partition coefficient (Wildman–Crippen LogP) is 6.30. The van der Waals surface area contributed by atoms with E-state index in [1.807, 2.05) is 41.7 Å². The zero-order chi connectivity index (χ0) is 33.3. The molecule has 12 heteroatoms. The quantitative estimate of drug-likeness (QED) is 0.254.